The molecule has 1 heterocycles. The van der Waals surface area contributed by atoms with Crippen molar-refractivity contribution in [1.29, 1.82) is 0 Å². The second-order valence-corrected chi connectivity index (χ2v) is 3.83. The molecule has 0 spiro atoms. The summed E-state index contributed by atoms with van der Waals surface area (Å²) >= 11 is 0. The van der Waals surface area contributed by atoms with Crippen molar-refractivity contribution in [3.8, 4) is 0 Å². The Morgan fingerprint density at radius 3 is 2.67 bits per heavy atom. The summed E-state index contributed by atoms with van der Waals surface area (Å²) in [4.78, 5) is 4.07. The molecule has 0 aromatic carbocycles. The maximum Gasteiger partial charge on any atom is 0.176 e. The number of rotatable bonds is 3. The predicted octanol–water partition coefficient (Wildman–Crippen LogP) is 2.31. The molecule has 1 aromatic rings. The van der Waals surface area contributed by atoms with Crippen molar-refractivity contribution < 1.29 is 0 Å². The van der Waals surface area contributed by atoms with E-state index in [1.54, 1.807) is 6.92 Å². The van der Waals surface area contributed by atoms with Crippen molar-refractivity contribution in [3.63, 3.8) is 0 Å². The summed E-state index contributed by atoms with van der Waals surface area (Å²) in [5, 5.41) is 8.22. The second-order valence-electron chi connectivity index (χ2n) is 3.83. The molecule has 1 rings (SSSR count). The summed E-state index contributed by atoms with van der Waals surface area (Å²) in [6.45, 7) is 8.05. The number of aryl methyl sites for hydroxylation is 1. The molecule has 1 aromatic heterocycles. The minimum absolute atomic E-state index is 0.439. The lowest BCUT2D eigenvalue weighted by Gasteiger charge is -2.10. The molecular weight excluding hydrogens is 188 g/mol. The first-order valence-corrected chi connectivity index (χ1v) is 5.19. The van der Waals surface area contributed by atoms with Crippen LogP contribution in [0.15, 0.2) is 11.1 Å². The van der Waals surface area contributed by atoms with E-state index in [2.05, 4.69) is 29.0 Å². The standard InChI is InChI=1S/C11H18N4/c1-5-7(2)11-8(3)6-10(14-15-11)13-9(4)12/h6-7H,5H2,1-4H3,(H2,12,13,14). The van der Waals surface area contributed by atoms with Gasteiger partial charge in [-0.25, -0.2) is 4.99 Å². The van der Waals surface area contributed by atoms with Crippen LogP contribution in [-0.2, 0) is 0 Å². The van der Waals surface area contributed by atoms with Gasteiger partial charge in [-0.3, -0.25) is 0 Å². The Balaban J connectivity index is 3.03. The van der Waals surface area contributed by atoms with E-state index >= 15 is 0 Å². The number of aliphatic imine (C=N–C) groups is 1. The fourth-order valence-corrected chi connectivity index (χ4v) is 1.40. The summed E-state index contributed by atoms with van der Waals surface area (Å²) < 4.78 is 0. The van der Waals surface area contributed by atoms with Gasteiger partial charge in [0.25, 0.3) is 0 Å². The molecule has 0 aliphatic carbocycles. The van der Waals surface area contributed by atoms with Gasteiger partial charge in [-0.05, 0) is 31.9 Å². The van der Waals surface area contributed by atoms with E-state index < -0.39 is 0 Å². The third-order valence-electron chi connectivity index (χ3n) is 2.38. The molecule has 0 aliphatic heterocycles. The maximum absolute atomic E-state index is 5.48. The van der Waals surface area contributed by atoms with E-state index in [-0.39, 0.29) is 0 Å². The van der Waals surface area contributed by atoms with E-state index in [1.165, 1.54) is 0 Å². The van der Waals surface area contributed by atoms with Crippen LogP contribution in [0, 0.1) is 6.92 Å². The van der Waals surface area contributed by atoms with Gasteiger partial charge in [0.1, 0.15) is 0 Å². The van der Waals surface area contributed by atoms with Crippen LogP contribution in [0.3, 0.4) is 0 Å². The van der Waals surface area contributed by atoms with Crippen LogP contribution in [-0.4, -0.2) is 16.0 Å². The number of nitrogens with two attached hydrogens (primary N) is 1. The quantitative estimate of drug-likeness (QED) is 0.609. The molecule has 0 fully saturated rings. The van der Waals surface area contributed by atoms with Crippen LogP contribution in [0.5, 0.6) is 0 Å². The highest BCUT2D eigenvalue weighted by Gasteiger charge is 2.09. The molecule has 0 amide bonds. The van der Waals surface area contributed by atoms with Gasteiger partial charge in [-0.1, -0.05) is 13.8 Å². The Labute approximate surface area is 90.6 Å². The number of nitrogens with zero attached hydrogens (tertiary/aromatic N) is 3. The van der Waals surface area contributed by atoms with Crippen LogP contribution in [0.25, 0.3) is 0 Å². The lowest BCUT2D eigenvalue weighted by atomic mass is 10.0. The number of aromatic nitrogens is 2. The zero-order valence-corrected chi connectivity index (χ0v) is 9.78. The van der Waals surface area contributed by atoms with Crippen molar-refractivity contribution in [2.45, 2.75) is 40.0 Å². The molecule has 0 saturated carbocycles. The minimum atomic E-state index is 0.439. The van der Waals surface area contributed by atoms with Crippen molar-refractivity contribution in [2.75, 3.05) is 0 Å². The normalized spacial score (nSPS) is 14.0. The maximum atomic E-state index is 5.48. The molecule has 4 nitrogen and oxygen atoms in total. The minimum Gasteiger partial charge on any atom is -0.387 e. The van der Waals surface area contributed by atoms with Gasteiger partial charge < -0.3 is 5.73 Å². The van der Waals surface area contributed by atoms with Gasteiger partial charge in [-0.15, -0.1) is 5.10 Å². The Morgan fingerprint density at radius 1 is 1.53 bits per heavy atom. The lowest BCUT2D eigenvalue weighted by molar-refractivity contribution is 0.684. The molecule has 0 aliphatic rings. The van der Waals surface area contributed by atoms with Crippen LogP contribution in [0.4, 0.5) is 5.82 Å². The first-order chi connectivity index (χ1) is 7.04. The van der Waals surface area contributed by atoms with Gasteiger partial charge in [0.2, 0.25) is 0 Å². The molecular formula is C11H18N4. The average Bonchev–Trinajstić information content (AvgIpc) is 2.16. The van der Waals surface area contributed by atoms with Gasteiger partial charge in [0.15, 0.2) is 5.82 Å². The molecule has 15 heavy (non-hydrogen) atoms. The summed E-state index contributed by atoms with van der Waals surface area (Å²) in [7, 11) is 0. The van der Waals surface area contributed by atoms with Gasteiger partial charge in [0.05, 0.1) is 11.5 Å². The topological polar surface area (TPSA) is 64.2 Å². The van der Waals surface area contributed by atoms with Crippen LogP contribution in [0.2, 0.25) is 0 Å². The third kappa shape index (κ3) is 3.01. The summed E-state index contributed by atoms with van der Waals surface area (Å²) in [6, 6.07) is 1.92. The SMILES string of the molecule is CCC(C)c1nnc(N=C(C)N)cc1C. The number of amidine groups is 1. The van der Waals surface area contributed by atoms with Crippen molar-refractivity contribution in [1.82, 2.24) is 10.2 Å². The summed E-state index contributed by atoms with van der Waals surface area (Å²) in [5.74, 6) is 1.52. The zero-order valence-electron chi connectivity index (χ0n) is 9.78. The van der Waals surface area contributed by atoms with Gasteiger partial charge in [-0.2, -0.15) is 5.10 Å². The molecule has 82 valence electrons. The first-order valence-electron chi connectivity index (χ1n) is 5.19. The van der Waals surface area contributed by atoms with Crippen molar-refractivity contribution >= 4 is 11.7 Å². The van der Waals surface area contributed by atoms with Gasteiger partial charge in [0, 0.05) is 5.92 Å². The highest BCUT2D eigenvalue weighted by atomic mass is 15.2. The molecule has 4 heteroatoms. The zero-order chi connectivity index (χ0) is 11.4. The van der Waals surface area contributed by atoms with E-state index in [0.717, 1.165) is 17.7 Å². The van der Waals surface area contributed by atoms with Crippen molar-refractivity contribution in [3.05, 3.63) is 17.3 Å². The van der Waals surface area contributed by atoms with Crippen LogP contribution in [0.1, 0.15) is 44.4 Å². The summed E-state index contributed by atoms with van der Waals surface area (Å²) in [5.41, 5.74) is 7.65. The smallest absolute Gasteiger partial charge is 0.176 e. The Hall–Kier alpha value is -1.45. The molecule has 1 atom stereocenters. The highest BCUT2D eigenvalue weighted by molar-refractivity contribution is 5.79. The van der Waals surface area contributed by atoms with E-state index in [9.17, 15) is 0 Å². The molecule has 0 radical (unpaired) electrons. The fraction of sp³-hybridized carbons (Fsp3) is 0.545. The van der Waals surface area contributed by atoms with E-state index in [0.29, 0.717) is 17.6 Å². The predicted molar refractivity (Wildman–Crippen MR) is 62.4 cm³/mol. The Kier molecular flexibility index (Phi) is 3.77. The van der Waals surface area contributed by atoms with E-state index in [4.69, 9.17) is 5.73 Å². The largest absolute Gasteiger partial charge is 0.387 e. The van der Waals surface area contributed by atoms with Crippen LogP contribution >= 0.6 is 0 Å². The Morgan fingerprint density at radius 2 is 2.20 bits per heavy atom. The molecule has 0 bridgehead atoms. The second kappa shape index (κ2) is 4.87. The number of hydrogen-bond donors (Lipinski definition) is 1. The molecule has 2 N–H and O–H groups in total. The highest BCUT2D eigenvalue weighted by Crippen LogP contribution is 2.21. The third-order valence-corrected chi connectivity index (χ3v) is 2.38. The van der Waals surface area contributed by atoms with Crippen LogP contribution < -0.4 is 5.73 Å². The molecule has 0 saturated heterocycles. The fourth-order valence-electron chi connectivity index (χ4n) is 1.40. The summed E-state index contributed by atoms with van der Waals surface area (Å²) in [6.07, 6.45) is 1.06. The Bertz CT molecular complexity index is 367. The molecule has 1 unspecified atom stereocenters. The first kappa shape index (κ1) is 11.6. The van der Waals surface area contributed by atoms with Gasteiger partial charge >= 0.3 is 0 Å². The number of hydrogen-bond acceptors (Lipinski definition) is 3. The van der Waals surface area contributed by atoms with Crippen molar-refractivity contribution in [2.24, 2.45) is 10.7 Å². The van der Waals surface area contributed by atoms with E-state index in [1.807, 2.05) is 13.0 Å². The average molecular weight is 206 g/mol. The lowest BCUT2D eigenvalue weighted by Crippen LogP contribution is -2.05. The monoisotopic (exact) mass is 206 g/mol.